The van der Waals surface area contributed by atoms with E-state index < -0.39 is 12.5 Å². The van der Waals surface area contributed by atoms with Gasteiger partial charge < -0.3 is 14.5 Å². The van der Waals surface area contributed by atoms with Crippen molar-refractivity contribution in [2.75, 3.05) is 13.9 Å². The summed E-state index contributed by atoms with van der Waals surface area (Å²) in [4.78, 5) is 0. The predicted molar refractivity (Wildman–Crippen MR) is 91.1 cm³/mol. The van der Waals surface area contributed by atoms with Gasteiger partial charge in [-0.25, -0.2) is 0 Å². The molecule has 0 fully saturated rings. The lowest BCUT2D eigenvalue weighted by Gasteiger charge is -2.28. The first-order valence-electron chi connectivity index (χ1n) is 7.11. The van der Waals surface area contributed by atoms with Crippen LogP contribution in [-0.4, -0.2) is 25.8 Å². The minimum Gasteiger partial charge on any atom is -0.443 e. The van der Waals surface area contributed by atoms with Gasteiger partial charge in [-0.15, -0.1) is 0 Å². The Morgan fingerprint density at radius 2 is 1.86 bits per heavy atom. The van der Waals surface area contributed by atoms with E-state index in [1.807, 2.05) is 50.2 Å². The van der Waals surface area contributed by atoms with E-state index in [4.69, 9.17) is 21.1 Å². The fourth-order valence-electron chi connectivity index (χ4n) is 2.42. The second-order valence-electron chi connectivity index (χ2n) is 5.61. The normalized spacial score (nSPS) is 11.5. The van der Waals surface area contributed by atoms with Gasteiger partial charge in [0.2, 0.25) is 0 Å². The van der Waals surface area contributed by atoms with E-state index in [9.17, 15) is 5.02 Å². The van der Waals surface area contributed by atoms with Crippen LogP contribution < -0.4 is 10.9 Å². The zero-order valence-electron chi connectivity index (χ0n) is 13.0. The van der Waals surface area contributed by atoms with Crippen LogP contribution in [0.15, 0.2) is 48.5 Å². The lowest BCUT2D eigenvalue weighted by Crippen LogP contribution is -2.46. The third kappa shape index (κ3) is 3.90. The molecule has 1 N–H and O–H groups in total. The molecule has 0 aliphatic rings. The summed E-state index contributed by atoms with van der Waals surface area (Å²) in [7, 11) is 1.59. The van der Waals surface area contributed by atoms with Gasteiger partial charge in [-0.1, -0.05) is 48.0 Å². The zero-order valence-corrected chi connectivity index (χ0v) is 13.8. The average Bonchev–Trinajstić information content (AvgIpc) is 2.52. The lowest BCUT2D eigenvalue weighted by molar-refractivity contribution is -0.117. The van der Waals surface area contributed by atoms with Crippen LogP contribution in [0.3, 0.4) is 0 Å². The van der Waals surface area contributed by atoms with Gasteiger partial charge in [-0.3, -0.25) is 0 Å². The number of methoxy groups -OCH3 is 1. The maximum Gasteiger partial charge on any atom is 0.359 e. The largest absolute Gasteiger partial charge is 0.443 e. The van der Waals surface area contributed by atoms with Crippen molar-refractivity contribution < 1.29 is 14.5 Å². The highest BCUT2D eigenvalue weighted by atomic mass is 35.5. The molecule has 0 saturated carbocycles. The van der Waals surface area contributed by atoms with Crippen molar-refractivity contribution in [2.24, 2.45) is 0 Å². The van der Waals surface area contributed by atoms with Crippen molar-refractivity contribution in [2.45, 2.75) is 19.4 Å². The SMILES string of the molecule is COCOC(C)(C)c1ccccc1B(O)c1cccc(Cl)c1. The summed E-state index contributed by atoms with van der Waals surface area (Å²) in [6.45, 7) is 3.33. The van der Waals surface area contributed by atoms with Gasteiger partial charge in [0.25, 0.3) is 0 Å². The topological polar surface area (TPSA) is 38.7 Å². The van der Waals surface area contributed by atoms with Crippen molar-refractivity contribution >= 4 is 29.4 Å². The third-order valence-electron chi connectivity index (χ3n) is 3.61. The molecule has 3 nitrogen and oxygen atoms in total. The van der Waals surface area contributed by atoms with Gasteiger partial charge in [-0.2, -0.15) is 0 Å². The zero-order chi connectivity index (χ0) is 16.2. The number of halogens is 1. The fourth-order valence-corrected chi connectivity index (χ4v) is 2.62. The maximum atomic E-state index is 10.7. The van der Waals surface area contributed by atoms with Crippen molar-refractivity contribution in [1.82, 2.24) is 0 Å². The van der Waals surface area contributed by atoms with E-state index in [0.29, 0.717) is 5.02 Å². The molecule has 0 bridgehead atoms. The second kappa shape index (κ2) is 7.29. The minimum atomic E-state index is -0.764. The molecule has 0 spiro atoms. The summed E-state index contributed by atoms with van der Waals surface area (Å²) in [5, 5.41) is 11.3. The van der Waals surface area contributed by atoms with E-state index >= 15 is 0 Å². The molecule has 22 heavy (non-hydrogen) atoms. The van der Waals surface area contributed by atoms with Gasteiger partial charge in [0.15, 0.2) is 0 Å². The van der Waals surface area contributed by atoms with E-state index in [0.717, 1.165) is 16.5 Å². The molecule has 0 amide bonds. The van der Waals surface area contributed by atoms with Gasteiger partial charge in [-0.05, 0) is 42.5 Å². The first kappa shape index (κ1) is 17.0. The molecule has 2 aromatic rings. The summed E-state index contributed by atoms with van der Waals surface area (Å²) in [6, 6.07) is 14.9. The lowest BCUT2D eigenvalue weighted by atomic mass is 9.53. The van der Waals surface area contributed by atoms with Crippen LogP contribution >= 0.6 is 11.6 Å². The van der Waals surface area contributed by atoms with Crippen LogP contribution in [0.5, 0.6) is 0 Å². The number of benzene rings is 2. The maximum absolute atomic E-state index is 10.7. The third-order valence-corrected chi connectivity index (χ3v) is 3.84. The molecule has 0 radical (unpaired) electrons. The molecule has 0 unspecified atom stereocenters. The Morgan fingerprint density at radius 1 is 1.14 bits per heavy atom. The summed E-state index contributed by atoms with van der Waals surface area (Å²) in [6.07, 6.45) is 0. The minimum absolute atomic E-state index is 0.189. The molecule has 0 aliphatic heterocycles. The van der Waals surface area contributed by atoms with Crippen molar-refractivity contribution in [3.05, 3.63) is 59.1 Å². The quantitative estimate of drug-likeness (QED) is 0.656. The summed E-state index contributed by atoms with van der Waals surface area (Å²) < 4.78 is 10.8. The average molecular weight is 319 g/mol. The molecule has 0 heterocycles. The number of hydrogen-bond donors (Lipinski definition) is 1. The highest BCUT2D eigenvalue weighted by Crippen LogP contribution is 2.23. The summed E-state index contributed by atoms with van der Waals surface area (Å²) in [5.41, 5.74) is 1.89. The Balaban J connectivity index is 2.39. The Kier molecular flexibility index (Phi) is 5.65. The summed E-state index contributed by atoms with van der Waals surface area (Å²) >= 11 is 6.02. The van der Waals surface area contributed by atoms with Crippen molar-refractivity contribution in [1.29, 1.82) is 0 Å². The van der Waals surface area contributed by atoms with Crippen LogP contribution in [-0.2, 0) is 15.1 Å². The van der Waals surface area contributed by atoms with E-state index in [2.05, 4.69) is 0 Å². The number of hydrogen-bond acceptors (Lipinski definition) is 3. The van der Waals surface area contributed by atoms with Crippen LogP contribution in [0.2, 0.25) is 5.02 Å². The molecule has 116 valence electrons. The Labute approximate surface area is 136 Å². The standard InChI is InChI=1S/C17H20BClO3/c1-17(2,22-12-21-3)15-9-4-5-10-16(15)18(20)13-7-6-8-14(19)11-13/h4-11,20H,12H2,1-3H3. The Hall–Kier alpha value is -1.33. The van der Waals surface area contributed by atoms with Crippen molar-refractivity contribution in [3.8, 4) is 0 Å². The molecular weight excluding hydrogens is 298 g/mol. The van der Waals surface area contributed by atoms with Gasteiger partial charge in [0.05, 0.1) is 5.60 Å². The van der Waals surface area contributed by atoms with Crippen molar-refractivity contribution in [3.63, 3.8) is 0 Å². The molecule has 0 aromatic heterocycles. The van der Waals surface area contributed by atoms with Crippen LogP contribution in [0.4, 0.5) is 0 Å². The second-order valence-corrected chi connectivity index (χ2v) is 6.04. The van der Waals surface area contributed by atoms with E-state index in [1.54, 1.807) is 19.2 Å². The molecule has 2 rings (SSSR count). The fraction of sp³-hybridized carbons (Fsp3) is 0.294. The van der Waals surface area contributed by atoms with Gasteiger partial charge >= 0.3 is 6.92 Å². The van der Waals surface area contributed by atoms with Crippen LogP contribution in [0.1, 0.15) is 19.4 Å². The predicted octanol–water partition coefficient (Wildman–Crippen LogP) is 2.29. The first-order valence-corrected chi connectivity index (χ1v) is 7.49. The van der Waals surface area contributed by atoms with Crippen LogP contribution in [0.25, 0.3) is 0 Å². The van der Waals surface area contributed by atoms with Gasteiger partial charge in [0.1, 0.15) is 6.79 Å². The van der Waals surface area contributed by atoms with E-state index in [-0.39, 0.29) is 6.79 Å². The van der Waals surface area contributed by atoms with Crippen LogP contribution in [0, 0.1) is 0 Å². The molecule has 0 atom stereocenters. The molecule has 0 saturated heterocycles. The smallest absolute Gasteiger partial charge is 0.359 e. The Bertz CT molecular complexity index is 631. The highest BCUT2D eigenvalue weighted by molar-refractivity contribution is 6.79. The monoisotopic (exact) mass is 318 g/mol. The highest BCUT2D eigenvalue weighted by Gasteiger charge is 2.29. The molecular formula is C17H20BClO3. The van der Waals surface area contributed by atoms with E-state index in [1.165, 1.54) is 0 Å². The first-order chi connectivity index (χ1) is 10.5. The molecule has 2 aromatic carbocycles. The van der Waals surface area contributed by atoms with Gasteiger partial charge in [0, 0.05) is 12.1 Å². The Morgan fingerprint density at radius 3 is 2.55 bits per heavy atom. The summed E-state index contributed by atoms with van der Waals surface area (Å²) in [5.74, 6) is 0. The number of rotatable bonds is 6. The molecule has 0 aliphatic carbocycles. The molecule has 5 heteroatoms. The number of ether oxygens (including phenoxy) is 2.